The lowest BCUT2D eigenvalue weighted by Gasteiger charge is -2.19. The summed E-state index contributed by atoms with van der Waals surface area (Å²) in [4.78, 5) is 29.3. The lowest BCUT2D eigenvalue weighted by Crippen LogP contribution is -2.29. The number of anilines is 1. The molecule has 2 aromatic heterocycles. The van der Waals surface area contributed by atoms with Crippen LogP contribution in [0.2, 0.25) is 0 Å². The fraction of sp³-hybridized carbons (Fsp3) is 0.500. The molecule has 3 heterocycles. The highest BCUT2D eigenvalue weighted by atomic mass is 32.2. The van der Waals surface area contributed by atoms with Crippen molar-refractivity contribution in [2.45, 2.75) is 50.7 Å². The highest BCUT2D eigenvalue weighted by Gasteiger charge is 2.29. The number of nitrogens with one attached hydrogen (secondary N) is 1. The van der Waals surface area contributed by atoms with Crippen LogP contribution < -0.4 is 10.9 Å². The summed E-state index contributed by atoms with van der Waals surface area (Å²) in [6, 6.07) is 3.02. The van der Waals surface area contributed by atoms with E-state index < -0.39 is 0 Å². The molecule has 7 nitrogen and oxygen atoms in total. The second-order valence-electron chi connectivity index (χ2n) is 6.92. The molecule has 0 aliphatic carbocycles. The van der Waals surface area contributed by atoms with Crippen LogP contribution in [0.1, 0.15) is 44.7 Å². The predicted octanol–water partition coefficient (Wildman–Crippen LogP) is 2.51. The van der Waals surface area contributed by atoms with Crippen molar-refractivity contribution in [3.05, 3.63) is 33.9 Å². The molecular formula is C16H20N4O3S. The second kappa shape index (κ2) is 6.08. The standard InChI is InChI=1S/C16H20N4O3S/c1-9-5-12(19-23-9)18-13(21)6-10-8-24-15-17-11(16(2,3)4)7-14(22)20(10)15/h5,7,10H,6,8H2,1-4H3,(H,18,19,21). The number of aryl methyl sites for hydroxylation is 1. The zero-order valence-electron chi connectivity index (χ0n) is 14.1. The Morgan fingerprint density at radius 3 is 2.83 bits per heavy atom. The van der Waals surface area contributed by atoms with Crippen LogP contribution in [0.4, 0.5) is 5.82 Å². The summed E-state index contributed by atoms with van der Waals surface area (Å²) < 4.78 is 6.54. The topological polar surface area (TPSA) is 90.0 Å². The number of hydrogen-bond donors (Lipinski definition) is 1. The first kappa shape index (κ1) is 16.8. The summed E-state index contributed by atoms with van der Waals surface area (Å²) in [5, 5.41) is 7.11. The minimum Gasteiger partial charge on any atom is -0.360 e. The van der Waals surface area contributed by atoms with Crippen molar-refractivity contribution in [3.63, 3.8) is 0 Å². The molecule has 24 heavy (non-hydrogen) atoms. The molecule has 1 amide bonds. The summed E-state index contributed by atoms with van der Waals surface area (Å²) in [6.45, 7) is 7.83. The van der Waals surface area contributed by atoms with Gasteiger partial charge in [-0.2, -0.15) is 0 Å². The van der Waals surface area contributed by atoms with Crippen molar-refractivity contribution in [2.75, 3.05) is 11.1 Å². The van der Waals surface area contributed by atoms with Crippen molar-refractivity contribution >= 4 is 23.5 Å². The van der Waals surface area contributed by atoms with Crippen molar-refractivity contribution < 1.29 is 9.32 Å². The smallest absolute Gasteiger partial charge is 0.254 e. The molecule has 0 saturated carbocycles. The Hall–Kier alpha value is -2.09. The van der Waals surface area contributed by atoms with E-state index in [-0.39, 0.29) is 29.3 Å². The number of amides is 1. The van der Waals surface area contributed by atoms with E-state index in [2.05, 4.69) is 15.5 Å². The molecule has 128 valence electrons. The second-order valence-corrected chi connectivity index (χ2v) is 7.91. The summed E-state index contributed by atoms with van der Waals surface area (Å²) in [6.07, 6.45) is 0.197. The minimum absolute atomic E-state index is 0.106. The first-order chi connectivity index (χ1) is 11.2. The zero-order chi connectivity index (χ0) is 17.5. The minimum atomic E-state index is -0.202. The molecule has 0 bridgehead atoms. The molecule has 0 radical (unpaired) electrons. The normalized spacial score (nSPS) is 16.9. The van der Waals surface area contributed by atoms with Crippen molar-refractivity contribution in [1.82, 2.24) is 14.7 Å². The molecule has 0 aromatic carbocycles. The number of nitrogens with zero attached hydrogens (tertiary/aromatic N) is 3. The van der Waals surface area contributed by atoms with E-state index in [4.69, 9.17) is 4.52 Å². The van der Waals surface area contributed by atoms with Crippen LogP contribution in [0.5, 0.6) is 0 Å². The van der Waals surface area contributed by atoms with E-state index in [1.165, 1.54) is 11.8 Å². The quantitative estimate of drug-likeness (QED) is 0.857. The third-order valence-corrected chi connectivity index (χ3v) is 4.87. The fourth-order valence-corrected chi connectivity index (χ4v) is 3.67. The Bertz CT molecular complexity index is 835. The number of carbonyl (C=O) groups is 1. The van der Waals surface area contributed by atoms with Gasteiger partial charge in [0.05, 0.1) is 11.7 Å². The lowest BCUT2D eigenvalue weighted by molar-refractivity contribution is -0.116. The summed E-state index contributed by atoms with van der Waals surface area (Å²) in [7, 11) is 0. The van der Waals surface area contributed by atoms with Crippen LogP contribution in [0.3, 0.4) is 0 Å². The molecule has 1 N–H and O–H groups in total. The Balaban J connectivity index is 1.77. The maximum absolute atomic E-state index is 12.5. The van der Waals surface area contributed by atoms with Crippen LogP contribution in [0.25, 0.3) is 0 Å². The van der Waals surface area contributed by atoms with Crippen LogP contribution in [0.15, 0.2) is 26.6 Å². The van der Waals surface area contributed by atoms with Crippen LogP contribution in [-0.4, -0.2) is 26.4 Å². The van der Waals surface area contributed by atoms with E-state index >= 15 is 0 Å². The van der Waals surface area contributed by atoms with Crippen LogP contribution in [-0.2, 0) is 10.2 Å². The summed E-state index contributed by atoms with van der Waals surface area (Å²) in [5.41, 5.74) is 0.481. The molecule has 0 saturated heterocycles. The Morgan fingerprint density at radius 1 is 1.46 bits per heavy atom. The fourth-order valence-electron chi connectivity index (χ4n) is 2.52. The van der Waals surface area contributed by atoms with E-state index in [1.807, 2.05) is 20.8 Å². The van der Waals surface area contributed by atoms with Gasteiger partial charge in [0.25, 0.3) is 5.56 Å². The molecule has 8 heteroatoms. The molecule has 1 atom stereocenters. The number of aromatic nitrogens is 3. The monoisotopic (exact) mass is 348 g/mol. The van der Waals surface area contributed by atoms with Crippen molar-refractivity contribution in [3.8, 4) is 0 Å². The summed E-state index contributed by atoms with van der Waals surface area (Å²) >= 11 is 1.51. The van der Waals surface area contributed by atoms with Crippen molar-refractivity contribution in [2.24, 2.45) is 0 Å². The average molecular weight is 348 g/mol. The highest BCUT2D eigenvalue weighted by molar-refractivity contribution is 7.99. The lowest BCUT2D eigenvalue weighted by atomic mass is 9.92. The van der Waals surface area contributed by atoms with Gasteiger partial charge in [0.2, 0.25) is 5.91 Å². The van der Waals surface area contributed by atoms with Gasteiger partial charge in [-0.25, -0.2) is 4.98 Å². The number of rotatable bonds is 3. The maximum atomic E-state index is 12.5. The maximum Gasteiger partial charge on any atom is 0.254 e. The van der Waals surface area contributed by atoms with E-state index in [0.717, 1.165) is 5.69 Å². The van der Waals surface area contributed by atoms with Gasteiger partial charge in [0.1, 0.15) is 5.76 Å². The number of fused-ring (bicyclic) bond motifs is 1. The van der Waals surface area contributed by atoms with Crippen LogP contribution >= 0.6 is 11.8 Å². The Kier molecular flexibility index (Phi) is 4.25. The number of carbonyl (C=O) groups excluding carboxylic acids is 1. The SMILES string of the molecule is Cc1cc(NC(=O)CC2CSc3nc(C(C)(C)C)cc(=O)n32)no1. The first-order valence-corrected chi connectivity index (χ1v) is 8.72. The van der Waals surface area contributed by atoms with Gasteiger partial charge < -0.3 is 9.84 Å². The van der Waals surface area contributed by atoms with E-state index in [1.54, 1.807) is 23.6 Å². The number of thioether (sulfide) groups is 1. The average Bonchev–Trinajstić information content (AvgIpc) is 3.05. The third kappa shape index (κ3) is 3.38. The molecule has 1 aliphatic heterocycles. The van der Waals surface area contributed by atoms with Gasteiger partial charge in [-0.15, -0.1) is 0 Å². The van der Waals surface area contributed by atoms with Crippen molar-refractivity contribution in [1.29, 1.82) is 0 Å². The van der Waals surface area contributed by atoms with E-state index in [0.29, 0.717) is 22.5 Å². The van der Waals surface area contributed by atoms with Gasteiger partial charge >= 0.3 is 0 Å². The molecule has 0 spiro atoms. The Morgan fingerprint density at radius 2 is 2.21 bits per heavy atom. The molecule has 2 aromatic rings. The largest absolute Gasteiger partial charge is 0.360 e. The molecule has 0 fully saturated rings. The van der Waals surface area contributed by atoms with Gasteiger partial charge in [0.15, 0.2) is 11.0 Å². The zero-order valence-corrected chi connectivity index (χ0v) is 14.9. The van der Waals surface area contributed by atoms with Gasteiger partial charge in [-0.05, 0) is 6.92 Å². The molecule has 1 unspecified atom stereocenters. The summed E-state index contributed by atoms with van der Waals surface area (Å²) in [5.74, 6) is 1.47. The molecule has 1 aliphatic rings. The van der Waals surface area contributed by atoms with Gasteiger partial charge in [-0.3, -0.25) is 14.2 Å². The predicted molar refractivity (Wildman–Crippen MR) is 91.4 cm³/mol. The van der Waals surface area contributed by atoms with Gasteiger partial charge in [0, 0.05) is 29.7 Å². The molecule has 3 rings (SSSR count). The number of hydrogen-bond acceptors (Lipinski definition) is 6. The molecular weight excluding hydrogens is 328 g/mol. The Labute approximate surface area is 143 Å². The van der Waals surface area contributed by atoms with E-state index in [9.17, 15) is 9.59 Å². The first-order valence-electron chi connectivity index (χ1n) is 7.74. The van der Waals surface area contributed by atoms with Crippen LogP contribution in [0, 0.1) is 6.92 Å². The highest BCUT2D eigenvalue weighted by Crippen LogP contribution is 2.33. The third-order valence-electron chi connectivity index (χ3n) is 3.77. The van der Waals surface area contributed by atoms with Gasteiger partial charge in [-0.1, -0.05) is 37.7 Å².